The molecule has 0 bridgehead atoms. The summed E-state index contributed by atoms with van der Waals surface area (Å²) in [7, 11) is 0. The van der Waals surface area contributed by atoms with Crippen molar-refractivity contribution in [2.24, 2.45) is 0 Å². The van der Waals surface area contributed by atoms with Gasteiger partial charge in [-0.15, -0.1) is 0 Å². The Morgan fingerprint density at radius 1 is 1.08 bits per heavy atom. The number of nitrogens with zero attached hydrogens (tertiary/aromatic N) is 1. The van der Waals surface area contributed by atoms with Crippen LogP contribution in [0.4, 0.5) is 5.69 Å². The molecule has 0 amide bonds. The highest BCUT2D eigenvalue weighted by Gasteiger charge is 2.15. The molecule has 0 unspecified atom stereocenters. The average molecular weight is 179 g/mol. The van der Waals surface area contributed by atoms with Crippen molar-refractivity contribution in [2.45, 2.75) is 12.8 Å². The SMILES string of the molecule is Oc1ccc(O)c(N2CCCC2)c1. The standard InChI is InChI=1S/C10H13NO2/c12-8-3-4-10(13)9(7-8)11-5-1-2-6-11/h3-4,7,12-13H,1-2,5-6H2. The minimum atomic E-state index is 0.208. The van der Waals surface area contributed by atoms with Crippen molar-refractivity contribution in [3.05, 3.63) is 18.2 Å². The Balaban J connectivity index is 2.32. The van der Waals surface area contributed by atoms with E-state index in [4.69, 9.17) is 0 Å². The molecular formula is C10H13NO2. The summed E-state index contributed by atoms with van der Waals surface area (Å²) in [6.45, 7) is 1.94. The molecule has 2 rings (SSSR count). The number of hydrogen-bond acceptors (Lipinski definition) is 3. The topological polar surface area (TPSA) is 43.7 Å². The quantitative estimate of drug-likeness (QED) is 0.645. The predicted molar refractivity (Wildman–Crippen MR) is 51.2 cm³/mol. The van der Waals surface area contributed by atoms with E-state index in [1.54, 1.807) is 6.07 Å². The van der Waals surface area contributed by atoms with E-state index in [0.717, 1.165) is 31.6 Å². The molecule has 2 N–H and O–H groups in total. The molecule has 1 fully saturated rings. The second kappa shape index (κ2) is 3.17. The molecule has 3 heteroatoms. The van der Waals surface area contributed by atoms with Gasteiger partial charge in [-0.05, 0) is 25.0 Å². The maximum Gasteiger partial charge on any atom is 0.139 e. The normalized spacial score (nSPS) is 16.5. The van der Waals surface area contributed by atoms with Gasteiger partial charge in [-0.1, -0.05) is 0 Å². The van der Waals surface area contributed by atoms with Gasteiger partial charge < -0.3 is 15.1 Å². The maximum atomic E-state index is 9.54. The van der Waals surface area contributed by atoms with E-state index < -0.39 is 0 Å². The van der Waals surface area contributed by atoms with Crippen LogP contribution in [0.2, 0.25) is 0 Å². The lowest BCUT2D eigenvalue weighted by molar-refractivity contribution is 0.460. The molecule has 1 aromatic rings. The van der Waals surface area contributed by atoms with Crippen LogP contribution in [0.25, 0.3) is 0 Å². The highest BCUT2D eigenvalue weighted by Crippen LogP contribution is 2.32. The molecule has 0 spiro atoms. The van der Waals surface area contributed by atoms with Gasteiger partial charge in [0.05, 0.1) is 5.69 Å². The number of rotatable bonds is 1. The van der Waals surface area contributed by atoms with Gasteiger partial charge in [-0.25, -0.2) is 0 Å². The van der Waals surface area contributed by atoms with E-state index in [1.165, 1.54) is 12.1 Å². The number of aromatic hydroxyl groups is 2. The number of benzene rings is 1. The summed E-state index contributed by atoms with van der Waals surface area (Å²) >= 11 is 0. The molecule has 3 nitrogen and oxygen atoms in total. The fourth-order valence-corrected chi connectivity index (χ4v) is 1.72. The molecule has 1 aliphatic rings. The predicted octanol–water partition coefficient (Wildman–Crippen LogP) is 1.70. The van der Waals surface area contributed by atoms with Crippen molar-refractivity contribution in [3.8, 4) is 11.5 Å². The van der Waals surface area contributed by atoms with Crippen molar-refractivity contribution in [3.63, 3.8) is 0 Å². The Hall–Kier alpha value is -1.38. The first-order valence-corrected chi connectivity index (χ1v) is 4.54. The molecular weight excluding hydrogens is 166 g/mol. The Morgan fingerprint density at radius 2 is 1.77 bits per heavy atom. The van der Waals surface area contributed by atoms with Gasteiger partial charge >= 0.3 is 0 Å². The van der Waals surface area contributed by atoms with Gasteiger partial charge in [-0.3, -0.25) is 0 Å². The lowest BCUT2D eigenvalue weighted by Gasteiger charge is -2.18. The number of hydrogen-bond donors (Lipinski definition) is 2. The van der Waals surface area contributed by atoms with E-state index in [0.29, 0.717) is 0 Å². The number of phenols is 2. The monoisotopic (exact) mass is 179 g/mol. The summed E-state index contributed by atoms with van der Waals surface area (Å²) in [5.41, 5.74) is 0.748. The van der Waals surface area contributed by atoms with Crippen LogP contribution in [0.1, 0.15) is 12.8 Å². The van der Waals surface area contributed by atoms with Gasteiger partial charge in [0, 0.05) is 19.2 Å². The Labute approximate surface area is 77.2 Å². The summed E-state index contributed by atoms with van der Waals surface area (Å²) in [6, 6.07) is 4.64. The van der Waals surface area contributed by atoms with Crippen molar-refractivity contribution in [1.82, 2.24) is 0 Å². The van der Waals surface area contributed by atoms with Crippen LogP contribution >= 0.6 is 0 Å². The second-order valence-electron chi connectivity index (χ2n) is 3.37. The Bertz CT molecular complexity index is 306. The van der Waals surface area contributed by atoms with Crippen LogP contribution in [0.5, 0.6) is 11.5 Å². The Morgan fingerprint density at radius 3 is 2.46 bits per heavy atom. The fourth-order valence-electron chi connectivity index (χ4n) is 1.72. The van der Waals surface area contributed by atoms with Crippen molar-refractivity contribution in [2.75, 3.05) is 18.0 Å². The first-order chi connectivity index (χ1) is 6.27. The third-order valence-electron chi connectivity index (χ3n) is 2.41. The summed E-state index contributed by atoms with van der Waals surface area (Å²) < 4.78 is 0. The van der Waals surface area contributed by atoms with Crippen LogP contribution in [-0.2, 0) is 0 Å². The van der Waals surface area contributed by atoms with E-state index in [1.807, 2.05) is 0 Å². The molecule has 13 heavy (non-hydrogen) atoms. The fraction of sp³-hybridized carbons (Fsp3) is 0.400. The molecule has 0 saturated carbocycles. The van der Waals surface area contributed by atoms with E-state index in [2.05, 4.69) is 4.90 Å². The minimum absolute atomic E-state index is 0.208. The number of phenolic OH excluding ortho intramolecular Hbond substituents is 2. The van der Waals surface area contributed by atoms with Crippen LogP contribution in [-0.4, -0.2) is 23.3 Å². The summed E-state index contributed by atoms with van der Waals surface area (Å²) in [4.78, 5) is 2.09. The average Bonchev–Trinajstić information content (AvgIpc) is 2.61. The van der Waals surface area contributed by atoms with Crippen LogP contribution in [0, 0.1) is 0 Å². The largest absolute Gasteiger partial charge is 0.508 e. The second-order valence-corrected chi connectivity index (χ2v) is 3.37. The van der Waals surface area contributed by atoms with E-state index in [9.17, 15) is 10.2 Å². The molecule has 1 aliphatic heterocycles. The van der Waals surface area contributed by atoms with Crippen molar-refractivity contribution >= 4 is 5.69 Å². The number of anilines is 1. The third-order valence-corrected chi connectivity index (χ3v) is 2.41. The van der Waals surface area contributed by atoms with Gasteiger partial charge in [-0.2, -0.15) is 0 Å². The molecule has 1 saturated heterocycles. The zero-order valence-corrected chi connectivity index (χ0v) is 7.40. The lowest BCUT2D eigenvalue weighted by Crippen LogP contribution is -2.17. The molecule has 0 radical (unpaired) electrons. The van der Waals surface area contributed by atoms with Crippen LogP contribution < -0.4 is 4.90 Å². The molecule has 1 aromatic carbocycles. The minimum Gasteiger partial charge on any atom is -0.508 e. The van der Waals surface area contributed by atoms with Gasteiger partial charge in [0.25, 0.3) is 0 Å². The van der Waals surface area contributed by atoms with E-state index in [-0.39, 0.29) is 11.5 Å². The van der Waals surface area contributed by atoms with Gasteiger partial charge in [0.2, 0.25) is 0 Å². The van der Waals surface area contributed by atoms with Crippen LogP contribution in [0.15, 0.2) is 18.2 Å². The molecule has 1 heterocycles. The Kier molecular flexibility index (Phi) is 2.00. The summed E-state index contributed by atoms with van der Waals surface area (Å²) in [6.07, 6.45) is 2.32. The maximum absolute atomic E-state index is 9.54. The molecule has 0 atom stereocenters. The highest BCUT2D eigenvalue weighted by atomic mass is 16.3. The van der Waals surface area contributed by atoms with Gasteiger partial charge in [0.1, 0.15) is 11.5 Å². The molecule has 0 aliphatic carbocycles. The summed E-state index contributed by atoms with van der Waals surface area (Å²) in [5.74, 6) is 0.458. The van der Waals surface area contributed by atoms with Crippen LogP contribution in [0.3, 0.4) is 0 Å². The van der Waals surface area contributed by atoms with Gasteiger partial charge in [0.15, 0.2) is 0 Å². The highest BCUT2D eigenvalue weighted by molar-refractivity contribution is 5.61. The van der Waals surface area contributed by atoms with E-state index >= 15 is 0 Å². The first-order valence-electron chi connectivity index (χ1n) is 4.54. The molecule has 0 aromatic heterocycles. The lowest BCUT2D eigenvalue weighted by atomic mass is 10.2. The molecule has 70 valence electrons. The van der Waals surface area contributed by atoms with Crippen molar-refractivity contribution < 1.29 is 10.2 Å². The zero-order chi connectivity index (χ0) is 9.26. The first kappa shape index (κ1) is 8.23. The van der Waals surface area contributed by atoms with Crippen molar-refractivity contribution in [1.29, 1.82) is 0 Å². The smallest absolute Gasteiger partial charge is 0.139 e. The third kappa shape index (κ3) is 1.54. The summed E-state index contributed by atoms with van der Waals surface area (Å²) in [5, 5.41) is 18.8. The zero-order valence-electron chi connectivity index (χ0n) is 7.40.